The molecule has 4 amide bonds. The minimum Gasteiger partial charge on any atom is -0.466 e. The maximum absolute atomic E-state index is 12.7. The largest absolute Gasteiger partial charge is 0.466 e. The highest BCUT2D eigenvalue weighted by molar-refractivity contribution is 6.01. The van der Waals surface area contributed by atoms with Crippen LogP contribution in [0.4, 0.5) is 15.3 Å². The van der Waals surface area contributed by atoms with Crippen molar-refractivity contribution in [1.29, 1.82) is 0 Å². The molecule has 1 atom stereocenters. The third-order valence-corrected chi connectivity index (χ3v) is 4.56. The van der Waals surface area contributed by atoms with E-state index in [1.165, 1.54) is 11.1 Å². The van der Waals surface area contributed by atoms with Crippen LogP contribution < -0.4 is 21.1 Å². The van der Waals surface area contributed by atoms with E-state index in [9.17, 15) is 19.2 Å². The molecule has 1 heterocycles. The van der Waals surface area contributed by atoms with Crippen LogP contribution in [0.25, 0.3) is 0 Å². The van der Waals surface area contributed by atoms with Crippen molar-refractivity contribution in [3.05, 3.63) is 29.8 Å². The van der Waals surface area contributed by atoms with Gasteiger partial charge in [0.25, 0.3) is 0 Å². The Kier molecular flexibility index (Phi) is 9.93. The summed E-state index contributed by atoms with van der Waals surface area (Å²) >= 11 is 0. The van der Waals surface area contributed by atoms with E-state index in [0.717, 1.165) is 12.0 Å². The van der Waals surface area contributed by atoms with Crippen molar-refractivity contribution in [3.8, 4) is 0 Å². The Labute approximate surface area is 192 Å². The number of ether oxygens (including phenoxy) is 1. The second-order valence-corrected chi connectivity index (χ2v) is 7.41. The number of benzene rings is 1. The summed E-state index contributed by atoms with van der Waals surface area (Å²) in [5, 5.41) is 8.99. The number of esters is 1. The monoisotopic (exact) mass is 462 g/mol. The predicted octanol–water partition coefficient (Wildman–Crippen LogP) is 0.971. The Morgan fingerprint density at radius 2 is 1.97 bits per heavy atom. The summed E-state index contributed by atoms with van der Waals surface area (Å²) in [6.07, 6.45) is 2.16. The molecule has 12 heteroatoms. The van der Waals surface area contributed by atoms with Crippen molar-refractivity contribution < 1.29 is 28.8 Å². The number of hydrogen-bond donors (Lipinski definition) is 3. The second kappa shape index (κ2) is 12.9. The van der Waals surface area contributed by atoms with Gasteiger partial charge in [-0.1, -0.05) is 19.1 Å². The number of rotatable bonds is 10. The summed E-state index contributed by atoms with van der Waals surface area (Å²) in [4.78, 5) is 54.9. The number of urea groups is 1. The molecule has 3 N–H and O–H groups in total. The molecule has 1 saturated heterocycles. The van der Waals surface area contributed by atoms with Crippen LogP contribution >= 0.6 is 0 Å². The van der Waals surface area contributed by atoms with E-state index >= 15 is 0 Å². The molecule has 1 aromatic rings. The molecule has 0 radical (unpaired) electrons. The van der Waals surface area contributed by atoms with Crippen molar-refractivity contribution in [2.24, 2.45) is 5.10 Å². The first kappa shape index (κ1) is 25.4. The molecule has 1 aliphatic heterocycles. The van der Waals surface area contributed by atoms with Crippen LogP contribution in [0.3, 0.4) is 0 Å². The van der Waals surface area contributed by atoms with Gasteiger partial charge in [0.1, 0.15) is 6.04 Å². The Bertz CT molecular complexity index is 857. The van der Waals surface area contributed by atoms with Crippen LogP contribution in [-0.2, 0) is 19.2 Å². The highest BCUT2D eigenvalue weighted by atomic mass is 16.7. The van der Waals surface area contributed by atoms with Crippen molar-refractivity contribution in [2.75, 3.05) is 38.7 Å². The standard InChI is InChI=1S/C21H30N6O6/c1-4-13-32-18(28)9-11-22-20(30)24-17-10-12-27(19(17)29)16-7-5-15(6-8-16)14-23-25-33-21(31)26(2)3/h5-8,14,17,25H,4,9-13H2,1-3H3,(H2,22,24,30)/t17-/m0/s1. The molecule has 12 nitrogen and oxygen atoms in total. The summed E-state index contributed by atoms with van der Waals surface area (Å²) in [5.41, 5.74) is 3.60. The zero-order chi connectivity index (χ0) is 24.2. The van der Waals surface area contributed by atoms with Crippen molar-refractivity contribution in [3.63, 3.8) is 0 Å². The van der Waals surface area contributed by atoms with Crippen LogP contribution in [0.2, 0.25) is 0 Å². The van der Waals surface area contributed by atoms with Crippen LogP contribution in [-0.4, -0.2) is 74.9 Å². The fourth-order valence-electron chi connectivity index (χ4n) is 2.84. The average Bonchev–Trinajstić information content (AvgIpc) is 3.15. The van der Waals surface area contributed by atoms with E-state index in [4.69, 9.17) is 4.74 Å². The van der Waals surface area contributed by atoms with Gasteiger partial charge >= 0.3 is 18.1 Å². The van der Waals surface area contributed by atoms with Gasteiger partial charge in [-0.05, 0) is 30.5 Å². The van der Waals surface area contributed by atoms with Gasteiger partial charge in [0.15, 0.2) is 0 Å². The van der Waals surface area contributed by atoms with Gasteiger partial charge in [0, 0.05) is 32.9 Å². The Morgan fingerprint density at radius 1 is 1.24 bits per heavy atom. The number of nitrogens with zero attached hydrogens (tertiary/aromatic N) is 3. The lowest BCUT2D eigenvalue weighted by atomic mass is 10.2. The molecule has 0 unspecified atom stereocenters. The van der Waals surface area contributed by atoms with Crippen molar-refractivity contribution in [1.82, 2.24) is 21.1 Å². The van der Waals surface area contributed by atoms with E-state index in [-0.39, 0.29) is 24.8 Å². The van der Waals surface area contributed by atoms with Gasteiger partial charge in [0.2, 0.25) is 5.91 Å². The van der Waals surface area contributed by atoms with E-state index in [2.05, 4.69) is 26.2 Å². The van der Waals surface area contributed by atoms with Crippen LogP contribution in [0, 0.1) is 0 Å². The van der Waals surface area contributed by atoms with Gasteiger partial charge in [0.05, 0.1) is 19.2 Å². The molecule has 0 aromatic heterocycles. The Morgan fingerprint density at radius 3 is 2.64 bits per heavy atom. The molecule has 33 heavy (non-hydrogen) atoms. The first-order chi connectivity index (χ1) is 15.8. The maximum atomic E-state index is 12.7. The lowest BCUT2D eigenvalue weighted by molar-refractivity contribution is -0.143. The average molecular weight is 463 g/mol. The van der Waals surface area contributed by atoms with Gasteiger partial charge in [-0.3, -0.25) is 9.59 Å². The highest BCUT2D eigenvalue weighted by Crippen LogP contribution is 2.21. The number of nitrogens with one attached hydrogen (secondary N) is 3. The lowest BCUT2D eigenvalue weighted by Crippen LogP contribution is -2.46. The summed E-state index contributed by atoms with van der Waals surface area (Å²) < 4.78 is 4.94. The van der Waals surface area contributed by atoms with Crippen LogP contribution in [0.5, 0.6) is 0 Å². The minimum atomic E-state index is -0.645. The first-order valence-corrected chi connectivity index (χ1v) is 10.6. The van der Waals surface area contributed by atoms with Gasteiger partial charge < -0.3 is 30.0 Å². The van der Waals surface area contributed by atoms with Crippen molar-refractivity contribution >= 4 is 35.9 Å². The third kappa shape index (κ3) is 8.31. The topological polar surface area (TPSA) is 142 Å². The molecule has 2 rings (SSSR count). The number of hydrogen-bond acceptors (Lipinski definition) is 8. The molecular formula is C21H30N6O6. The first-order valence-electron chi connectivity index (χ1n) is 10.6. The molecule has 0 aliphatic carbocycles. The molecule has 1 fully saturated rings. The number of anilines is 1. The molecular weight excluding hydrogens is 432 g/mol. The highest BCUT2D eigenvalue weighted by Gasteiger charge is 2.33. The molecule has 0 bridgehead atoms. The van der Waals surface area contributed by atoms with Crippen LogP contribution in [0.1, 0.15) is 31.7 Å². The van der Waals surface area contributed by atoms with E-state index in [1.54, 1.807) is 43.3 Å². The number of carbonyl (C=O) groups excluding carboxylic acids is 4. The smallest absolute Gasteiger partial charge is 0.434 e. The SMILES string of the molecule is CCCOC(=O)CCNC(=O)N[C@H]1CCN(c2ccc(C=NNOC(=O)N(C)C)cc2)C1=O. The summed E-state index contributed by atoms with van der Waals surface area (Å²) in [7, 11) is 3.09. The molecule has 180 valence electrons. The van der Waals surface area contributed by atoms with Crippen molar-refractivity contribution in [2.45, 2.75) is 32.2 Å². The fourth-order valence-corrected chi connectivity index (χ4v) is 2.84. The minimum absolute atomic E-state index is 0.0708. The Balaban J connectivity index is 1.77. The van der Waals surface area contributed by atoms with E-state index in [0.29, 0.717) is 25.3 Å². The van der Waals surface area contributed by atoms with Gasteiger partial charge in [-0.2, -0.15) is 5.10 Å². The normalized spacial score (nSPS) is 15.3. The number of amides is 4. The zero-order valence-electron chi connectivity index (χ0n) is 19.0. The molecule has 0 spiro atoms. The Hall–Kier alpha value is -3.83. The maximum Gasteiger partial charge on any atom is 0.434 e. The molecule has 0 saturated carbocycles. The van der Waals surface area contributed by atoms with Gasteiger partial charge in [-0.15, -0.1) is 5.59 Å². The second-order valence-electron chi connectivity index (χ2n) is 7.41. The summed E-state index contributed by atoms with van der Waals surface area (Å²) in [5.74, 6) is -0.592. The number of hydrazone groups is 1. The third-order valence-electron chi connectivity index (χ3n) is 4.56. The fraction of sp³-hybridized carbons (Fsp3) is 0.476. The van der Waals surface area contributed by atoms with Crippen LogP contribution in [0.15, 0.2) is 29.4 Å². The lowest BCUT2D eigenvalue weighted by Gasteiger charge is -2.17. The van der Waals surface area contributed by atoms with E-state index < -0.39 is 18.2 Å². The zero-order valence-corrected chi connectivity index (χ0v) is 19.0. The quantitative estimate of drug-likeness (QED) is 0.267. The summed E-state index contributed by atoms with van der Waals surface area (Å²) in [6.45, 7) is 2.84. The van der Waals surface area contributed by atoms with E-state index in [1.807, 2.05) is 6.92 Å². The molecule has 1 aliphatic rings. The number of carbonyl (C=O) groups is 4. The molecule has 1 aromatic carbocycles. The predicted molar refractivity (Wildman–Crippen MR) is 120 cm³/mol. The van der Waals surface area contributed by atoms with Gasteiger partial charge in [-0.25, -0.2) is 9.59 Å². The summed E-state index contributed by atoms with van der Waals surface area (Å²) in [6, 6.07) is 5.88.